The molecule has 16 heavy (non-hydrogen) atoms. The highest BCUT2D eigenvalue weighted by Gasteiger charge is 2.02. The van der Waals surface area contributed by atoms with Crippen molar-refractivity contribution in [2.24, 2.45) is 0 Å². The largest absolute Gasteiger partial charge is 0.417 e. The molecule has 0 saturated carbocycles. The van der Waals surface area contributed by atoms with Gasteiger partial charge in [0.2, 0.25) is 0 Å². The second-order valence-electron chi connectivity index (χ2n) is 3.06. The summed E-state index contributed by atoms with van der Waals surface area (Å²) in [6.07, 6.45) is 3.77. The zero-order valence-electron chi connectivity index (χ0n) is 9.28. The van der Waals surface area contributed by atoms with Crippen LogP contribution in [-0.2, 0) is 4.79 Å². The van der Waals surface area contributed by atoms with Gasteiger partial charge in [0.15, 0.2) is 0 Å². The van der Waals surface area contributed by atoms with Crippen LogP contribution < -0.4 is 10.5 Å². The third-order valence-electron chi connectivity index (χ3n) is 1.84. The molecule has 0 radical (unpaired) electrons. The van der Waals surface area contributed by atoms with E-state index in [-0.39, 0.29) is 0 Å². The van der Waals surface area contributed by atoms with Crippen molar-refractivity contribution in [2.75, 3.05) is 5.73 Å². The van der Waals surface area contributed by atoms with E-state index in [0.717, 1.165) is 5.56 Å². The van der Waals surface area contributed by atoms with E-state index in [1.165, 1.54) is 0 Å². The lowest BCUT2D eigenvalue weighted by Gasteiger charge is -2.04. The number of carbonyl (C=O) groups is 1. The van der Waals surface area contributed by atoms with Crippen LogP contribution in [0.25, 0.3) is 6.08 Å². The van der Waals surface area contributed by atoms with Gasteiger partial charge in [-0.05, 0) is 31.5 Å². The number of ether oxygens (including phenoxy) is 1. The van der Waals surface area contributed by atoms with Crippen molar-refractivity contribution in [2.45, 2.75) is 13.8 Å². The fraction of sp³-hybridized carbons (Fsp3) is 0.154. The van der Waals surface area contributed by atoms with E-state index in [0.29, 0.717) is 11.4 Å². The maximum Gasteiger partial charge on any atom is 0.389 e. The van der Waals surface area contributed by atoms with Crippen LogP contribution in [0.4, 0.5) is 5.69 Å². The summed E-state index contributed by atoms with van der Waals surface area (Å²) in [5.74, 6) is 4.57. The SMILES string of the molecule is CC#CC(=O)Oc1ccc(/C=C\C)c(N)c1. The minimum absolute atomic E-state index is 0.401. The molecule has 3 heteroatoms. The quantitative estimate of drug-likeness (QED) is 0.270. The molecule has 0 unspecified atom stereocenters. The van der Waals surface area contributed by atoms with Gasteiger partial charge in [-0.2, -0.15) is 0 Å². The lowest BCUT2D eigenvalue weighted by atomic mass is 10.1. The zero-order valence-corrected chi connectivity index (χ0v) is 9.28. The Labute approximate surface area is 94.9 Å². The van der Waals surface area contributed by atoms with Crippen LogP contribution in [0.5, 0.6) is 5.75 Å². The van der Waals surface area contributed by atoms with Gasteiger partial charge in [-0.1, -0.05) is 18.1 Å². The van der Waals surface area contributed by atoms with Crippen molar-refractivity contribution in [3.63, 3.8) is 0 Å². The van der Waals surface area contributed by atoms with Crippen LogP contribution in [-0.4, -0.2) is 5.97 Å². The topological polar surface area (TPSA) is 52.3 Å². The van der Waals surface area contributed by atoms with Gasteiger partial charge in [-0.25, -0.2) is 4.79 Å². The first-order chi connectivity index (χ1) is 7.67. The fourth-order valence-corrected chi connectivity index (χ4v) is 1.18. The number of esters is 1. The van der Waals surface area contributed by atoms with Gasteiger partial charge in [0.25, 0.3) is 0 Å². The Kier molecular flexibility index (Phi) is 4.16. The molecular formula is C13H13NO2. The Hall–Kier alpha value is -2.21. The first kappa shape index (κ1) is 11.9. The lowest BCUT2D eigenvalue weighted by Crippen LogP contribution is -2.04. The van der Waals surface area contributed by atoms with E-state index in [4.69, 9.17) is 10.5 Å². The van der Waals surface area contributed by atoms with Crippen molar-refractivity contribution in [1.29, 1.82) is 0 Å². The lowest BCUT2D eigenvalue weighted by molar-refractivity contribution is -0.128. The third-order valence-corrected chi connectivity index (χ3v) is 1.84. The molecule has 82 valence electrons. The van der Waals surface area contributed by atoms with E-state index < -0.39 is 5.97 Å². The average molecular weight is 215 g/mol. The van der Waals surface area contributed by atoms with Gasteiger partial charge in [-0.3, -0.25) is 0 Å². The summed E-state index contributed by atoms with van der Waals surface area (Å²) in [5, 5.41) is 0. The van der Waals surface area contributed by atoms with Crippen LogP contribution in [0.3, 0.4) is 0 Å². The molecule has 0 aliphatic heterocycles. The standard InChI is InChI=1S/C13H13NO2/c1-3-5-10-7-8-11(9-12(10)14)16-13(15)6-4-2/h3,5,7-9H,14H2,1-2H3/b5-3-. The van der Waals surface area contributed by atoms with Gasteiger partial charge in [0.05, 0.1) is 0 Å². The molecule has 0 atom stereocenters. The summed E-state index contributed by atoms with van der Waals surface area (Å²) >= 11 is 0. The minimum Gasteiger partial charge on any atom is -0.417 e. The number of nitrogen functional groups attached to an aromatic ring is 1. The van der Waals surface area contributed by atoms with Crippen molar-refractivity contribution in [1.82, 2.24) is 0 Å². The van der Waals surface area contributed by atoms with Crippen molar-refractivity contribution >= 4 is 17.7 Å². The number of rotatable bonds is 2. The van der Waals surface area contributed by atoms with Gasteiger partial charge in [0, 0.05) is 17.7 Å². The Morgan fingerprint density at radius 1 is 1.50 bits per heavy atom. The summed E-state index contributed by atoms with van der Waals surface area (Å²) in [6, 6.07) is 5.07. The maximum absolute atomic E-state index is 11.1. The second kappa shape index (κ2) is 5.62. The first-order valence-electron chi connectivity index (χ1n) is 4.84. The number of nitrogens with two attached hydrogens (primary N) is 1. The van der Waals surface area contributed by atoms with Crippen LogP contribution in [0.2, 0.25) is 0 Å². The first-order valence-corrected chi connectivity index (χ1v) is 4.84. The second-order valence-corrected chi connectivity index (χ2v) is 3.06. The summed E-state index contributed by atoms with van der Waals surface area (Å²) in [6.45, 7) is 3.48. The molecular weight excluding hydrogens is 202 g/mol. The van der Waals surface area contributed by atoms with Crippen LogP contribution in [0.1, 0.15) is 19.4 Å². The van der Waals surface area contributed by atoms with E-state index in [1.54, 1.807) is 25.1 Å². The predicted molar refractivity (Wildman–Crippen MR) is 64.6 cm³/mol. The summed E-state index contributed by atoms with van der Waals surface area (Å²) in [4.78, 5) is 11.1. The number of benzene rings is 1. The minimum atomic E-state index is -0.583. The fourth-order valence-electron chi connectivity index (χ4n) is 1.18. The van der Waals surface area contributed by atoms with E-state index >= 15 is 0 Å². The number of carbonyl (C=O) groups excluding carboxylic acids is 1. The maximum atomic E-state index is 11.1. The van der Waals surface area contributed by atoms with E-state index in [2.05, 4.69) is 11.8 Å². The van der Waals surface area contributed by atoms with Crippen molar-refractivity contribution in [3.8, 4) is 17.6 Å². The molecule has 0 saturated heterocycles. The molecule has 0 spiro atoms. The molecule has 0 aliphatic rings. The van der Waals surface area contributed by atoms with Gasteiger partial charge >= 0.3 is 5.97 Å². The highest BCUT2D eigenvalue weighted by atomic mass is 16.5. The normalized spacial score (nSPS) is 9.62. The number of anilines is 1. The van der Waals surface area contributed by atoms with Gasteiger partial charge < -0.3 is 10.5 Å². The molecule has 1 rings (SSSR count). The average Bonchev–Trinajstić information content (AvgIpc) is 2.22. The molecule has 3 nitrogen and oxygen atoms in total. The molecule has 0 aliphatic carbocycles. The van der Waals surface area contributed by atoms with Crippen LogP contribution in [0.15, 0.2) is 24.3 Å². The monoisotopic (exact) mass is 215 g/mol. The zero-order chi connectivity index (χ0) is 12.0. The molecule has 0 bridgehead atoms. The van der Waals surface area contributed by atoms with E-state index in [9.17, 15) is 4.79 Å². The molecule has 0 heterocycles. The summed E-state index contributed by atoms with van der Waals surface area (Å²) in [5.41, 5.74) is 7.23. The number of hydrogen-bond donors (Lipinski definition) is 1. The van der Waals surface area contributed by atoms with Crippen molar-refractivity contribution in [3.05, 3.63) is 29.8 Å². The highest BCUT2D eigenvalue weighted by molar-refractivity contribution is 5.90. The summed E-state index contributed by atoms with van der Waals surface area (Å²) in [7, 11) is 0. The van der Waals surface area contributed by atoms with Crippen molar-refractivity contribution < 1.29 is 9.53 Å². The molecule has 1 aromatic rings. The Morgan fingerprint density at radius 2 is 2.25 bits per heavy atom. The smallest absolute Gasteiger partial charge is 0.389 e. The number of hydrogen-bond acceptors (Lipinski definition) is 3. The molecule has 1 aromatic carbocycles. The van der Waals surface area contributed by atoms with Crippen LogP contribution in [0, 0.1) is 11.8 Å². The Balaban J connectivity index is 2.88. The number of allylic oxidation sites excluding steroid dienone is 1. The third kappa shape index (κ3) is 3.18. The molecule has 0 fully saturated rings. The Bertz CT molecular complexity index is 478. The van der Waals surface area contributed by atoms with Gasteiger partial charge in [0.1, 0.15) is 5.75 Å². The Morgan fingerprint density at radius 3 is 2.81 bits per heavy atom. The predicted octanol–water partition coefficient (Wildman–Crippen LogP) is 2.23. The van der Waals surface area contributed by atoms with E-state index in [1.807, 2.05) is 19.1 Å². The van der Waals surface area contributed by atoms with Gasteiger partial charge in [-0.15, -0.1) is 0 Å². The highest BCUT2D eigenvalue weighted by Crippen LogP contribution is 2.21. The molecule has 0 amide bonds. The molecule has 2 N–H and O–H groups in total. The van der Waals surface area contributed by atoms with Crippen LogP contribution >= 0.6 is 0 Å². The summed E-state index contributed by atoms with van der Waals surface area (Å²) < 4.78 is 4.95. The molecule has 0 aromatic heterocycles.